The Bertz CT molecular complexity index is 556. The maximum Gasteiger partial charge on any atom is 0.172 e. The second-order valence-corrected chi connectivity index (χ2v) is 6.78. The van der Waals surface area contributed by atoms with Gasteiger partial charge >= 0.3 is 0 Å². The normalized spacial score (nSPS) is 29.0. The zero-order valence-corrected chi connectivity index (χ0v) is 12.1. The highest BCUT2D eigenvalue weighted by Gasteiger charge is 2.34. The van der Waals surface area contributed by atoms with E-state index in [4.69, 9.17) is 0 Å². The molecule has 19 heavy (non-hydrogen) atoms. The molecular weight excluding hydrogens is 252 g/mol. The van der Waals surface area contributed by atoms with Gasteiger partial charge in [0.2, 0.25) is 0 Å². The number of Topliss-reactive ketones (excluding diaryl/α,β-unsaturated/α-hetero) is 1. The Morgan fingerprint density at radius 2 is 1.79 bits per heavy atom. The molecule has 0 saturated heterocycles. The van der Waals surface area contributed by atoms with Gasteiger partial charge in [-0.1, -0.05) is 56.4 Å². The first-order valence-corrected chi connectivity index (χ1v) is 7.71. The van der Waals surface area contributed by atoms with Crippen molar-refractivity contribution in [2.24, 2.45) is 17.8 Å². The van der Waals surface area contributed by atoms with Gasteiger partial charge in [0, 0.05) is 15.7 Å². The fourth-order valence-electron chi connectivity index (χ4n) is 2.67. The molecule has 1 nitrogen and oxygen atoms in total. The van der Waals surface area contributed by atoms with Crippen molar-refractivity contribution in [2.45, 2.75) is 24.0 Å². The summed E-state index contributed by atoms with van der Waals surface area (Å²) in [6, 6.07) is 7.96. The Labute approximate surface area is 118 Å². The number of benzene rings is 1. The first kappa shape index (κ1) is 12.7. The molecule has 1 aromatic rings. The third kappa shape index (κ3) is 2.30. The molecule has 2 aliphatic rings. The molecule has 3 atom stereocenters. The van der Waals surface area contributed by atoms with E-state index in [2.05, 4.69) is 44.2 Å². The number of hydrogen-bond acceptors (Lipinski definition) is 2. The maximum atomic E-state index is 12.6. The summed E-state index contributed by atoms with van der Waals surface area (Å²) in [7, 11) is 0. The molecule has 1 aliphatic heterocycles. The first-order valence-electron chi connectivity index (χ1n) is 6.83. The molecule has 1 aliphatic carbocycles. The van der Waals surface area contributed by atoms with Crippen LogP contribution in [-0.2, 0) is 0 Å². The van der Waals surface area contributed by atoms with Crippen molar-refractivity contribution in [3.05, 3.63) is 54.1 Å². The van der Waals surface area contributed by atoms with Crippen molar-refractivity contribution in [3.8, 4) is 0 Å². The SMILES string of the molecule is CC(C)C1C=CC2Sc3ccccc3C(=O)C2C=C1. The third-order valence-electron chi connectivity index (χ3n) is 3.91. The average molecular weight is 270 g/mol. The van der Waals surface area contributed by atoms with E-state index in [1.165, 1.54) is 0 Å². The minimum atomic E-state index is -0.0000926. The summed E-state index contributed by atoms with van der Waals surface area (Å²) >= 11 is 1.81. The minimum absolute atomic E-state index is 0.0000926. The zero-order valence-electron chi connectivity index (χ0n) is 11.2. The van der Waals surface area contributed by atoms with Gasteiger partial charge in [0.25, 0.3) is 0 Å². The highest BCUT2D eigenvalue weighted by atomic mass is 32.2. The monoisotopic (exact) mass is 270 g/mol. The van der Waals surface area contributed by atoms with Gasteiger partial charge in [0.05, 0.1) is 5.92 Å². The van der Waals surface area contributed by atoms with Crippen LogP contribution in [0, 0.1) is 17.8 Å². The van der Waals surface area contributed by atoms with Crippen molar-refractivity contribution < 1.29 is 4.79 Å². The van der Waals surface area contributed by atoms with Crippen molar-refractivity contribution in [2.75, 3.05) is 0 Å². The Kier molecular flexibility index (Phi) is 3.36. The summed E-state index contributed by atoms with van der Waals surface area (Å²) in [5.74, 6) is 1.29. The lowest BCUT2D eigenvalue weighted by molar-refractivity contribution is 0.0942. The largest absolute Gasteiger partial charge is 0.293 e. The summed E-state index contributed by atoms with van der Waals surface area (Å²) in [5, 5.41) is 0.252. The first-order chi connectivity index (χ1) is 9.16. The van der Waals surface area contributed by atoms with E-state index in [-0.39, 0.29) is 17.0 Å². The number of rotatable bonds is 1. The smallest absolute Gasteiger partial charge is 0.172 e. The molecule has 0 radical (unpaired) electrons. The van der Waals surface area contributed by atoms with Gasteiger partial charge < -0.3 is 0 Å². The van der Waals surface area contributed by atoms with Crippen LogP contribution in [0.5, 0.6) is 0 Å². The van der Waals surface area contributed by atoms with Crippen LogP contribution in [0.2, 0.25) is 0 Å². The second kappa shape index (κ2) is 5.01. The van der Waals surface area contributed by atoms with E-state index in [0.29, 0.717) is 11.8 Å². The van der Waals surface area contributed by atoms with Gasteiger partial charge in [0.1, 0.15) is 0 Å². The Balaban J connectivity index is 1.98. The summed E-state index contributed by atoms with van der Waals surface area (Å²) in [4.78, 5) is 13.7. The van der Waals surface area contributed by atoms with Crippen LogP contribution in [0.1, 0.15) is 24.2 Å². The maximum absolute atomic E-state index is 12.6. The van der Waals surface area contributed by atoms with Crippen molar-refractivity contribution in [1.82, 2.24) is 0 Å². The summed E-state index contributed by atoms with van der Waals surface area (Å²) in [5.41, 5.74) is 0.884. The minimum Gasteiger partial charge on any atom is -0.293 e. The molecule has 0 amide bonds. The Hall–Kier alpha value is -1.28. The Morgan fingerprint density at radius 1 is 1.05 bits per heavy atom. The van der Waals surface area contributed by atoms with Gasteiger partial charge in [-0.25, -0.2) is 0 Å². The standard InChI is InChI=1S/C17H18OS/c1-11(2)12-7-9-14-16(10-8-12)19-15-6-4-3-5-13(15)17(14)18/h3-12,14,16H,1-2H3. The highest BCUT2D eigenvalue weighted by molar-refractivity contribution is 8.00. The number of carbonyl (C=O) groups excluding carboxylic acids is 1. The zero-order chi connectivity index (χ0) is 13.4. The fourth-order valence-corrected chi connectivity index (χ4v) is 3.95. The summed E-state index contributed by atoms with van der Waals surface area (Å²) < 4.78 is 0. The number of carbonyl (C=O) groups is 1. The predicted octanol–water partition coefficient (Wildman–Crippen LogP) is 4.36. The topological polar surface area (TPSA) is 17.1 Å². The molecule has 0 spiro atoms. The van der Waals surface area contributed by atoms with Crippen LogP contribution in [0.15, 0.2) is 53.5 Å². The summed E-state index contributed by atoms with van der Waals surface area (Å²) in [6.45, 7) is 4.44. The van der Waals surface area contributed by atoms with E-state index in [0.717, 1.165) is 10.5 Å². The molecule has 98 valence electrons. The second-order valence-electron chi connectivity index (χ2n) is 5.56. The van der Waals surface area contributed by atoms with Crippen LogP contribution >= 0.6 is 11.8 Å². The van der Waals surface area contributed by atoms with Gasteiger partial charge in [-0.2, -0.15) is 0 Å². The molecule has 1 aromatic carbocycles. The molecule has 0 fully saturated rings. The van der Waals surface area contributed by atoms with Crippen LogP contribution in [0.3, 0.4) is 0 Å². The third-order valence-corrected chi connectivity index (χ3v) is 5.24. The van der Waals surface area contributed by atoms with E-state index in [9.17, 15) is 4.79 Å². The van der Waals surface area contributed by atoms with E-state index in [1.54, 1.807) is 0 Å². The lowest BCUT2D eigenvalue weighted by Gasteiger charge is -2.26. The van der Waals surface area contributed by atoms with E-state index in [1.807, 2.05) is 30.0 Å². The van der Waals surface area contributed by atoms with E-state index < -0.39 is 0 Å². The molecule has 3 rings (SSSR count). The molecule has 3 unspecified atom stereocenters. The molecule has 0 saturated carbocycles. The number of thioether (sulfide) groups is 1. The quantitative estimate of drug-likeness (QED) is 0.705. The van der Waals surface area contributed by atoms with Gasteiger partial charge in [-0.15, -0.1) is 11.8 Å². The lowest BCUT2D eigenvalue weighted by Crippen LogP contribution is -2.27. The van der Waals surface area contributed by atoms with Gasteiger partial charge in [0.15, 0.2) is 5.78 Å². The number of allylic oxidation sites excluding steroid dienone is 3. The van der Waals surface area contributed by atoms with Crippen molar-refractivity contribution in [1.29, 1.82) is 0 Å². The summed E-state index contributed by atoms with van der Waals surface area (Å²) in [6.07, 6.45) is 8.83. The van der Waals surface area contributed by atoms with Gasteiger partial charge in [-0.05, 0) is 17.9 Å². The average Bonchev–Trinajstić information content (AvgIpc) is 2.62. The molecule has 0 bridgehead atoms. The van der Waals surface area contributed by atoms with Crippen LogP contribution in [0.25, 0.3) is 0 Å². The molecular formula is C17H18OS. The van der Waals surface area contributed by atoms with Crippen LogP contribution in [-0.4, -0.2) is 11.0 Å². The Morgan fingerprint density at radius 3 is 2.58 bits per heavy atom. The highest BCUT2D eigenvalue weighted by Crippen LogP contribution is 2.41. The number of ketones is 1. The molecule has 0 N–H and O–H groups in total. The van der Waals surface area contributed by atoms with Crippen molar-refractivity contribution in [3.63, 3.8) is 0 Å². The fraction of sp³-hybridized carbons (Fsp3) is 0.353. The number of fused-ring (bicyclic) bond motifs is 2. The predicted molar refractivity (Wildman–Crippen MR) is 80.5 cm³/mol. The van der Waals surface area contributed by atoms with Crippen molar-refractivity contribution >= 4 is 17.5 Å². The van der Waals surface area contributed by atoms with Crippen LogP contribution in [0.4, 0.5) is 0 Å². The van der Waals surface area contributed by atoms with Crippen LogP contribution < -0.4 is 0 Å². The molecule has 1 heterocycles. The van der Waals surface area contributed by atoms with Gasteiger partial charge in [-0.3, -0.25) is 4.79 Å². The molecule has 2 heteroatoms. The molecule has 0 aromatic heterocycles. The van der Waals surface area contributed by atoms with E-state index >= 15 is 0 Å². The number of hydrogen-bond donors (Lipinski definition) is 0. The lowest BCUT2D eigenvalue weighted by atomic mass is 9.92.